The summed E-state index contributed by atoms with van der Waals surface area (Å²) in [6.45, 7) is 5.03. The van der Waals surface area contributed by atoms with E-state index in [1.54, 1.807) is 4.68 Å². The Balaban J connectivity index is 2.27. The topological polar surface area (TPSA) is 68.0 Å². The summed E-state index contributed by atoms with van der Waals surface area (Å²) >= 11 is 0. The molecule has 1 N–H and O–H groups in total. The van der Waals surface area contributed by atoms with E-state index in [9.17, 15) is 4.79 Å². The zero-order valence-corrected chi connectivity index (χ0v) is 9.68. The van der Waals surface area contributed by atoms with Gasteiger partial charge in [-0.25, -0.2) is 9.48 Å². The van der Waals surface area contributed by atoms with Crippen molar-refractivity contribution in [3.63, 3.8) is 0 Å². The molecule has 0 aliphatic heterocycles. The van der Waals surface area contributed by atoms with Gasteiger partial charge in [0.1, 0.15) is 0 Å². The Labute approximate surface area is 94.5 Å². The Morgan fingerprint density at radius 2 is 2.31 bits per heavy atom. The summed E-state index contributed by atoms with van der Waals surface area (Å²) in [5.41, 5.74) is 0.971. The number of hydrogen-bond acceptors (Lipinski definition) is 3. The average Bonchev–Trinajstić information content (AvgIpc) is 3.00. The van der Waals surface area contributed by atoms with Crippen LogP contribution in [0.1, 0.15) is 55.2 Å². The van der Waals surface area contributed by atoms with Crippen molar-refractivity contribution < 1.29 is 9.90 Å². The zero-order chi connectivity index (χ0) is 11.7. The van der Waals surface area contributed by atoms with E-state index >= 15 is 0 Å². The molecule has 1 aliphatic rings. The van der Waals surface area contributed by atoms with Crippen LogP contribution in [0.3, 0.4) is 0 Å². The van der Waals surface area contributed by atoms with E-state index in [4.69, 9.17) is 5.11 Å². The van der Waals surface area contributed by atoms with Gasteiger partial charge in [0.25, 0.3) is 0 Å². The van der Waals surface area contributed by atoms with Gasteiger partial charge in [0, 0.05) is 12.5 Å². The summed E-state index contributed by atoms with van der Waals surface area (Å²) in [4.78, 5) is 11.0. The van der Waals surface area contributed by atoms with Crippen LogP contribution in [-0.2, 0) is 6.54 Å². The molecule has 5 nitrogen and oxygen atoms in total. The van der Waals surface area contributed by atoms with Crippen LogP contribution in [0.5, 0.6) is 0 Å². The molecule has 1 aliphatic carbocycles. The third-order valence-corrected chi connectivity index (χ3v) is 3.12. The fourth-order valence-corrected chi connectivity index (χ4v) is 1.79. The first-order chi connectivity index (χ1) is 7.63. The largest absolute Gasteiger partial charge is 0.476 e. The van der Waals surface area contributed by atoms with Crippen molar-refractivity contribution in [2.75, 3.05) is 0 Å². The maximum atomic E-state index is 11.0. The van der Waals surface area contributed by atoms with Crippen LogP contribution in [0.25, 0.3) is 0 Å². The number of carboxylic acids is 1. The van der Waals surface area contributed by atoms with Crippen molar-refractivity contribution in [1.82, 2.24) is 15.0 Å². The highest BCUT2D eigenvalue weighted by molar-refractivity contribution is 5.86. The molecule has 2 rings (SSSR count). The standard InChI is InChI=1S/C11H17N3O2/c1-3-7(2)6-14-10(8-4-5-8)9(11(15)16)12-13-14/h7-8H,3-6H2,1-2H3,(H,15,16). The number of nitrogens with zero attached hydrogens (tertiary/aromatic N) is 3. The molecule has 0 bridgehead atoms. The van der Waals surface area contributed by atoms with E-state index in [0.29, 0.717) is 11.8 Å². The van der Waals surface area contributed by atoms with Crippen molar-refractivity contribution in [3.05, 3.63) is 11.4 Å². The molecular formula is C11H17N3O2. The molecule has 16 heavy (non-hydrogen) atoms. The van der Waals surface area contributed by atoms with Crippen molar-refractivity contribution in [2.45, 2.75) is 45.6 Å². The molecule has 1 fully saturated rings. The minimum absolute atomic E-state index is 0.144. The van der Waals surface area contributed by atoms with Crippen molar-refractivity contribution >= 4 is 5.97 Å². The molecule has 0 aromatic carbocycles. The Bertz CT molecular complexity index is 396. The maximum absolute atomic E-state index is 11.0. The summed E-state index contributed by atoms with van der Waals surface area (Å²) in [5.74, 6) is -0.0942. The number of carbonyl (C=O) groups is 1. The fraction of sp³-hybridized carbons (Fsp3) is 0.727. The molecule has 1 aromatic rings. The van der Waals surface area contributed by atoms with Crippen molar-refractivity contribution in [2.24, 2.45) is 5.92 Å². The van der Waals surface area contributed by atoms with E-state index in [1.165, 1.54) is 0 Å². The molecule has 0 amide bonds. The Hall–Kier alpha value is -1.39. The molecule has 88 valence electrons. The average molecular weight is 223 g/mol. The van der Waals surface area contributed by atoms with Gasteiger partial charge in [-0.05, 0) is 18.8 Å². The first-order valence-electron chi connectivity index (χ1n) is 5.80. The van der Waals surface area contributed by atoms with E-state index in [0.717, 1.165) is 31.5 Å². The number of aromatic carboxylic acids is 1. The van der Waals surface area contributed by atoms with Gasteiger partial charge in [0.2, 0.25) is 0 Å². The fourth-order valence-electron chi connectivity index (χ4n) is 1.79. The molecule has 0 radical (unpaired) electrons. The van der Waals surface area contributed by atoms with E-state index < -0.39 is 5.97 Å². The van der Waals surface area contributed by atoms with Crippen LogP contribution >= 0.6 is 0 Å². The van der Waals surface area contributed by atoms with Crippen LogP contribution in [-0.4, -0.2) is 26.1 Å². The Morgan fingerprint density at radius 3 is 2.81 bits per heavy atom. The number of carboxylic acid groups (broad SMARTS) is 1. The first-order valence-corrected chi connectivity index (χ1v) is 5.80. The third-order valence-electron chi connectivity index (χ3n) is 3.12. The van der Waals surface area contributed by atoms with Gasteiger partial charge in [-0.15, -0.1) is 5.10 Å². The lowest BCUT2D eigenvalue weighted by Crippen LogP contribution is -2.12. The summed E-state index contributed by atoms with van der Waals surface area (Å²) in [7, 11) is 0. The second-order valence-corrected chi connectivity index (χ2v) is 4.60. The summed E-state index contributed by atoms with van der Waals surface area (Å²) < 4.78 is 1.79. The molecule has 0 spiro atoms. The minimum Gasteiger partial charge on any atom is -0.476 e. The van der Waals surface area contributed by atoms with Gasteiger partial charge in [0.15, 0.2) is 5.69 Å². The molecule has 1 atom stereocenters. The highest BCUT2D eigenvalue weighted by Gasteiger charge is 2.33. The number of aromatic nitrogens is 3. The normalized spacial score (nSPS) is 17.4. The molecule has 1 heterocycles. The first kappa shape index (κ1) is 11.1. The van der Waals surface area contributed by atoms with Crippen LogP contribution in [0.15, 0.2) is 0 Å². The van der Waals surface area contributed by atoms with Gasteiger partial charge in [-0.1, -0.05) is 25.5 Å². The minimum atomic E-state index is -0.961. The second kappa shape index (κ2) is 4.23. The third kappa shape index (κ3) is 2.08. The SMILES string of the molecule is CCC(C)Cn1nnc(C(=O)O)c1C1CC1. The number of rotatable bonds is 5. The monoisotopic (exact) mass is 223 g/mol. The number of hydrogen-bond donors (Lipinski definition) is 1. The summed E-state index contributed by atoms with van der Waals surface area (Å²) in [6.07, 6.45) is 3.19. The van der Waals surface area contributed by atoms with Gasteiger partial charge in [-0.2, -0.15) is 0 Å². The second-order valence-electron chi connectivity index (χ2n) is 4.60. The molecule has 1 unspecified atom stereocenters. The molecular weight excluding hydrogens is 206 g/mol. The maximum Gasteiger partial charge on any atom is 0.358 e. The zero-order valence-electron chi connectivity index (χ0n) is 9.68. The quantitative estimate of drug-likeness (QED) is 0.827. The molecule has 5 heteroatoms. The predicted octanol–water partition coefficient (Wildman–Crippen LogP) is 1.90. The predicted molar refractivity (Wildman–Crippen MR) is 58.4 cm³/mol. The van der Waals surface area contributed by atoms with Crippen molar-refractivity contribution in [1.29, 1.82) is 0 Å². The highest BCUT2D eigenvalue weighted by atomic mass is 16.4. The van der Waals surface area contributed by atoms with E-state index in [-0.39, 0.29) is 5.69 Å². The van der Waals surface area contributed by atoms with Gasteiger partial charge in [0.05, 0.1) is 5.69 Å². The highest BCUT2D eigenvalue weighted by Crippen LogP contribution is 2.41. The Morgan fingerprint density at radius 1 is 1.62 bits per heavy atom. The molecule has 1 aromatic heterocycles. The van der Waals surface area contributed by atoms with Gasteiger partial charge < -0.3 is 5.11 Å². The lowest BCUT2D eigenvalue weighted by atomic mass is 10.1. The van der Waals surface area contributed by atoms with Gasteiger partial charge in [-0.3, -0.25) is 0 Å². The molecule has 1 saturated carbocycles. The van der Waals surface area contributed by atoms with Gasteiger partial charge >= 0.3 is 5.97 Å². The lowest BCUT2D eigenvalue weighted by molar-refractivity contribution is 0.0689. The van der Waals surface area contributed by atoms with Crippen molar-refractivity contribution in [3.8, 4) is 0 Å². The van der Waals surface area contributed by atoms with Crippen LogP contribution < -0.4 is 0 Å². The van der Waals surface area contributed by atoms with Crippen LogP contribution in [0, 0.1) is 5.92 Å². The molecule has 0 saturated heterocycles. The summed E-state index contributed by atoms with van der Waals surface area (Å²) in [6, 6.07) is 0. The van der Waals surface area contributed by atoms with Crippen LogP contribution in [0.2, 0.25) is 0 Å². The van der Waals surface area contributed by atoms with E-state index in [1.807, 2.05) is 0 Å². The summed E-state index contributed by atoms with van der Waals surface area (Å²) in [5, 5.41) is 16.8. The van der Waals surface area contributed by atoms with E-state index in [2.05, 4.69) is 24.2 Å². The lowest BCUT2D eigenvalue weighted by Gasteiger charge is -2.10. The Kier molecular flexibility index (Phi) is 2.94. The van der Waals surface area contributed by atoms with Crippen LogP contribution in [0.4, 0.5) is 0 Å². The smallest absolute Gasteiger partial charge is 0.358 e.